The van der Waals surface area contributed by atoms with E-state index in [0.717, 1.165) is 0 Å². The molecule has 0 aliphatic carbocycles. The van der Waals surface area contributed by atoms with Gasteiger partial charge in [-0.25, -0.2) is 4.79 Å². The zero-order chi connectivity index (χ0) is 12.1. The number of esters is 1. The number of Topliss-reactive ketones (excluding diaryl/α,β-unsaturated/α-hetero) is 1. The summed E-state index contributed by atoms with van der Waals surface area (Å²) >= 11 is 0. The van der Waals surface area contributed by atoms with Crippen LogP contribution in [0.15, 0.2) is 30.3 Å². The van der Waals surface area contributed by atoms with Gasteiger partial charge in [0.15, 0.2) is 11.9 Å². The number of carbonyl (C=O) groups is 2. The molecule has 0 aliphatic rings. The summed E-state index contributed by atoms with van der Waals surface area (Å²) in [6.07, 6.45) is -1.42. The topological polar surface area (TPSA) is 63.6 Å². The summed E-state index contributed by atoms with van der Waals surface area (Å²) in [5.74, 6) is -1.88. The number of hydrogen-bond acceptors (Lipinski definition) is 4. The molecule has 0 aromatic heterocycles. The Hall–Kier alpha value is -1.68. The van der Waals surface area contributed by atoms with E-state index in [-0.39, 0.29) is 5.78 Å². The van der Waals surface area contributed by atoms with E-state index < -0.39 is 18.0 Å². The zero-order valence-electron chi connectivity index (χ0n) is 9.21. The van der Waals surface area contributed by atoms with Gasteiger partial charge in [0.2, 0.25) is 0 Å². The third-order valence-electron chi connectivity index (χ3n) is 2.39. The molecule has 0 saturated carbocycles. The molecule has 4 heteroatoms. The lowest BCUT2D eigenvalue weighted by Crippen LogP contribution is -2.33. The normalized spacial score (nSPS) is 13.9. The van der Waals surface area contributed by atoms with Crippen molar-refractivity contribution in [2.45, 2.75) is 13.0 Å². The number of aliphatic hydroxyl groups is 1. The smallest absolute Gasteiger partial charge is 0.335 e. The zero-order valence-corrected chi connectivity index (χ0v) is 9.21. The van der Waals surface area contributed by atoms with Crippen molar-refractivity contribution in [2.75, 3.05) is 7.11 Å². The van der Waals surface area contributed by atoms with E-state index in [2.05, 4.69) is 4.74 Å². The summed E-state index contributed by atoms with van der Waals surface area (Å²) in [6, 6.07) is 8.53. The molecule has 1 aromatic rings. The maximum atomic E-state index is 11.8. The summed E-state index contributed by atoms with van der Waals surface area (Å²) < 4.78 is 4.38. The number of carbonyl (C=O) groups excluding carboxylic acids is 2. The molecule has 0 spiro atoms. The van der Waals surface area contributed by atoms with Crippen molar-refractivity contribution in [3.63, 3.8) is 0 Å². The molecule has 0 bridgehead atoms. The van der Waals surface area contributed by atoms with Gasteiger partial charge >= 0.3 is 5.97 Å². The Morgan fingerprint density at radius 3 is 2.31 bits per heavy atom. The molecule has 86 valence electrons. The van der Waals surface area contributed by atoms with Crippen LogP contribution in [0.4, 0.5) is 0 Å². The molecule has 2 atom stereocenters. The summed E-state index contributed by atoms with van der Waals surface area (Å²) in [4.78, 5) is 22.9. The van der Waals surface area contributed by atoms with Crippen molar-refractivity contribution in [1.82, 2.24) is 0 Å². The SMILES string of the molecule is COC(=O)C(O)C(C)C(=O)c1ccccc1. The largest absolute Gasteiger partial charge is 0.467 e. The van der Waals surface area contributed by atoms with E-state index in [4.69, 9.17) is 0 Å². The summed E-state index contributed by atoms with van der Waals surface area (Å²) in [6.45, 7) is 1.50. The first-order chi connectivity index (χ1) is 7.57. The number of methoxy groups -OCH3 is 1. The van der Waals surface area contributed by atoms with Gasteiger partial charge in [0.25, 0.3) is 0 Å². The molecule has 1 N–H and O–H groups in total. The lowest BCUT2D eigenvalue weighted by molar-refractivity contribution is -0.152. The Labute approximate surface area is 93.9 Å². The Kier molecular flexibility index (Phi) is 4.19. The van der Waals surface area contributed by atoms with Crippen molar-refractivity contribution in [1.29, 1.82) is 0 Å². The number of ether oxygens (including phenoxy) is 1. The molecule has 0 radical (unpaired) electrons. The second-order valence-corrected chi connectivity index (χ2v) is 3.49. The average molecular weight is 222 g/mol. The minimum absolute atomic E-state index is 0.279. The minimum Gasteiger partial charge on any atom is -0.467 e. The fourth-order valence-electron chi connectivity index (χ4n) is 1.33. The van der Waals surface area contributed by atoms with Crippen molar-refractivity contribution >= 4 is 11.8 Å². The summed E-state index contributed by atoms with van der Waals surface area (Å²) in [5.41, 5.74) is 0.470. The second-order valence-electron chi connectivity index (χ2n) is 3.49. The summed E-state index contributed by atoms with van der Waals surface area (Å²) in [5, 5.41) is 9.52. The molecule has 1 aromatic carbocycles. The van der Waals surface area contributed by atoms with Gasteiger partial charge in [-0.15, -0.1) is 0 Å². The Bertz CT molecular complexity index is 372. The van der Waals surface area contributed by atoms with Gasteiger partial charge < -0.3 is 9.84 Å². The highest BCUT2D eigenvalue weighted by atomic mass is 16.5. The molecule has 16 heavy (non-hydrogen) atoms. The van der Waals surface area contributed by atoms with E-state index in [0.29, 0.717) is 5.56 Å². The molecular weight excluding hydrogens is 208 g/mol. The maximum absolute atomic E-state index is 11.8. The number of rotatable bonds is 4. The maximum Gasteiger partial charge on any atom is 0.335 e. The fraction of sp³-hybridized carbons (Fsp3) is 0.333. The predicted molar refractivity (Wildman–Crippen MR) is 58.0 cm³/mol. The van der Waals surface area contributed by atoms with Gasteiger partial charge in [-0.1, -0.05) is 37.3 Å². The van der Waals surface area contributed by atoms with Crippen LogP contribution in [-0.4, -0.2) is 30.1 Å². The quantitative estimate of drug-likeness (QED) is 0.610. The highest BCUT2D eigenvalue weighted by molar-refractivity contribution is 6.00. The average Bonchev–Trinajstić information content (AvgIpc) is 2.36. The molecule has 0 heterocycles. The van der Waals surface area contributed by atoms with Crippen LogP contribution in [0, 0.1) is 5.92 Å². The molecule has 2 unspecified atom stereocenters. The van der Waals surface area contributed by atoms with Crippen molar-refractivity contribution in [3.8, 4) is 0 Å². The first kappa shape index (κ1) is 12.4. The van der Waals surface area contributed by atoms with Gasteiger partial charge in [0.05, 0.1) is 13.0 Å². The standard InChI is InChI=1S/C12H14O4/c1-8(11(14)12(15)16-2)10(13)9-6-4-3-5-7-9/h3-8,11,14H,1-2H3. The van der Waals surface area contributed by atoms with Crippen LogP contribution in [-0.2, 0) is 9.53 Å². The van der Waals surface area contributed by atoms with E-state index in [9.17, 15) is 14.7 Å². The molecule has 0 amide bonds. The molecule has 4 nitrogen and oxygen atoms in total. The lowest BCUT2D eigenvalue weighted by atomic mass is 9.94. The van der Waals surface area contributed by atoms with Crippen LogP contribution in [0.3, 0.4) is 0 Å². The van der Waals surface area contributed by atoms with Crippen molar-refractivity contribution in [2.24, 2.45) is 5.92 Å². The number of ketones is 1. The minimum atomic E-state index is -1.42. The van der Waals surface area contributed by atoms with Crippen LogP contribution in [0.1, 0.15) is 17.3 Å². The number of hydrogen-bond donors (Lipinski definition) is 1. The summed E-state index contributed by atoms with van der Waals surface area (Å²) in [7, 11) is 1.17. The van der Waals surface area contributed by atoms with Gasteiger partial charge in [-0.05, 0) is 0 Å². The molecular formula is C12H14O4. The predicted octanol–water partition coefficient (Wildman–Crippen LogP) is 1.04. The van der Waals surface area contributed by atoms with E-state index in [1.54, 1.807) is 30.3 Å². The van der Waals surface area contributed by atoms with Crippen LogP contribution in [0.2, 0.25) is 0 Å². The highest BCUT2D eigenvalue weighted by Crippen LogP contribution is 2.13. The molecule has 0 aliphatic heterocycles. The van der Waals surface area contributed by atoms with Crippen LogP contribution in [0.25, 0.3) is 0 Å². The van der Waals surface area contributed by atoms with Crippen molar-refractivity contribution < 1.29 is 19.4 Å². The fourth-order valence-corrected chi connectivity index (χ4v) is 1.33. The Balaban J connectivity index is 2.79. The van der Waals surface area contributed by atoms with Gasteiger partial charge in [-0.2, -0.15) is 0 Å². The Morgan fingerprint density at radius 1 is 1.25 bits per heavy atom. The van der Waals surface area contributed by atoms with E-state index in [1.807, 2.05) is 0 Å². The second kappa shape index (κ2) is 5.42. The first-order valence-electron chi connectivity index (χ1n) is 4.93. The number of benzene rings is 1. The van der Waals surface area contributed by atoms with Gasteiger partial charge in [0.1, 0.15) is 0 Å². The van der Waals surface area contributed by atoms with E-state index >= 15 is 0 Å². The molecule has 0 saturated heterocycles. The highest BCUT2D eigenvalue weighted by Gasteiger charge is 2.29. The van der Waals surface area contributed by atoms with Gasteiger partial charge in [-0.3, -0.25) is 4.79 Å². The van der Waals surface area contributed by atoms with Crippen molar-refractivity contribution in [3.05, 3.63) is 35.9 Å². The first-order valence-corrected chi connectivity index (χ1v) is 4.93. The number of aliphatic hydroxyl groups excluding tert-OH is 1. The van der Waals surface area contributed by atoms with Crippen LogP contribution in [0.5, 0.6) is 0 Å². The van der Waals surface area contributed by atoms with Crippen LogP contribution >= 0.6 is 0 Å². The monoisotopic (exact) mass is 222 g/mol. The molecule has 1 rings (SSSR count). The third kappa shape index (κ3) is 2.67. The third-order valence-corrected chi connectivity index (χ3v) is 2.39. The Morgan fingerprint density at radius 2 is 1.81 bits per heavy atom. The lowest BCUT2D eigenvalue weighted by Gasteiger charge is -2.15. The van der Waals surface area contributed by atoms with Crippen LogP contribution < -0.4 is 0 Å². The van der Waals surface area contributed by atoms with Gasteiger partial charge in [0, 0.05) is 5.56 Å². The molecule has 0 fully saturated rings. The van der Waals surface area contributed by atoms with E-state index in [1.165, 1.54) is 14.0 Å².